The number of halogens is 1. The van der Waals surface area contributed by atoms with Gasteiger partial charge in [0.05, 0.1) is 12.1 Å². The van der Waals surface area contributed by atoms with Crippen molar-refractivity contribution in [1.29, 1.82) is 0 Å². The van der Waals surface area contributed by atoms with Gasteiger partial charge in [-0.3, -0.25) is 9.89 Å². The van der Waals surface area contributed by atoms with Crippen LogP contribution in [0.25, 0.3) is 0 Å². The summed E-state index contributed by atoms with van der Waals surface area (Å²) in [5.74, 6) is 0.935. The van der Waals surface area contributed by atoms with Crippen LogP contribution in [0.2, 0.25) is 5.02 Å². The van der Waals surface area contributed by atoms with Crippen molar-refractivity contribution in [3.05, 3.63) is 99.6 Å². The van der Waals surface area contributed by atoms with Crippen LogP contribution in [0.1, 0.15) is 76.3 Å². The SMILES string of the molecule is C=N[C@@](C)(c1ccc(Cl)cc1)[C@@](C)(c1ccc(CC)cc1)N(C)Cc1ccc(C(C)(C)C)cc1OCC. The van der Waals surface area contributed by atoms with Crippen molar-refractivity contribution in [2.75, 3.05) is 13.7 Å². The second-order valence-electron chi connectivity index (χ2n) is 11.2. The Kier molecular flexibility index (Phi) is 8.93. The van der Waals surface area contributed by atoms with Crippen LogP contribution in [-0.4, -0.2) is 25.3 Å². The van der Waals surface area contributed by atoms with Gasteiger partial charge in [0.25, 0.3) is 0 Å². The van der Waals surface area contributed by atoms with Gasteiger partial charge in [-0.1, -0.05) is 87.8 Å². The third-order valence-electron chi connectivity index (χ3n) is 8.00. The lowest BCUT2D eigenvalue weighted by Crippen LogP contribution is -2.54. The molecule has 0 N–H and O–H groups in total. The minimum Gasteiger partial charge on any atom is -0.494 e. The first kappa shape index (κ1) is 28.9. The number of ether oxygens (including phenoxy) is 1. The summed E-state index contributed by atoms with van der Waals surface area (Å²) in [6.45, 7) is 20.7. The molecule has 3 aromatic rings. The molecule has 37 heavy (non-hydrogen) atoms. The highest BCUT2D eigenvalue weighted by Gasteiger charge is 2.49. The summed E-state index contributed by atoms with van der Waals surface area (Å²) in [6.07, 6.45) is 0.999. The van der Waals surface area contributed by atoms with Crippen LogP contribution in [-0.2, 0) is 29.5 Å². The van der Waals surface area contributed by atoms with Crippen molar-refractivity contribution in [2.45, 2.75) is 77.9 Å². The topological polar surface area (TPSA) is 24.8 Å². The maximum atomic E-state index is 6.26. The van der Waals surface area contributed by atoms with E-state index in [0.29, 0.717) is 18.2 Å². The molecule has 0 aromatic heterocycles. The molecule has 0 amide bonds. The molecule has 0 saturated carbocycles. The van der Waals surface area contributed by atoms with Crippen molar-refractivity contribution in [3.63, 3.8) is 0 Å². The fraction of sp³-hybridized carbons (Fsp3) is 0.424. The van der Waals surface area contributed by atoms with E-state index in [9.17, 15) is 0 Å². The third-order valence-corrected chi connectivity index (χ3v) is 8.25. The summed E-state index contributed by atoms with van der Waals surface area (Å²) in [4.78, 5) is 7.19. The lowest BCUT2D eigenvalue weighted by atomic mass is 9.69. The Hall–Kier alpha value is -2.62. The van der Waals surface area contributed by atoms with Gasteiger partial charge in [-0.2, -0.15) is 0 Å². The van der Waals surface area contributed by atoms with Gasteiger partial charge in [-0.15, -0.1) is 0 Å². The van der Waals surface area contributed by atoms with Crippen LogP contribution in [0.5, 0.6) is 5.75 Å². The highest BCUT2D eigenvalue weighted by atomic mass is 35.5. The maximum absolute atomic E-state index is 6.26. The minimum atomic E-state index is -0.656. The van der Waals surface area contributed by atoms with Crippen molar-refractivity contribution >= 4 is 18.3 Å². The number of hydrogen-bond acceptors (Lipinski definition) is 3. The monoisotopic (exact) mass is 518 g/mol. The van der Waals surface area contributed by atoms with Crippen LogP contribution in [0.3, 0.4) is 0 Å². The van der Waals surface area contributed by atoms with Gasteiger partial charge >= 0.3 is 0 Å². The lowest BCUT2D eigenvalue weighted by molar-refractivity contribution is 0.0472. The molecule has 0 aliphatic heterocycles. The van der Waals surface area contributed by atoms with Crippen LogP contribution in [0, 0.1) is 0 Å². The van der Waals surface area contributed by atoms with Crippen LogP contribution >= 0.6 is 11.6 Å². The van der Waals surface area contributed by atoms with E-state index in [-0.39, 0.29) is 5.41 Å². The molecule has 0 aliphatic rings. The van der Waals surface area contributed by atoms with E-state index >= 15 is 0 Å². The summed E-state index contributed by atoms with van der Waals surface area (Å²) in [7, 11) is 2.17. The molecule has 0 unspecified atom stereocenters. The summed E-state index contributed by atoms with van der Waals surface area (Å²) in [6, 6.07) is 23.5. The van der Waals surface area contributed by atoms with E-state index in [1.807, 2.05) is 19.1 Å². The van der Waals surface area contributed by atoms with Crippen molar-refractivity contribution in [2.24, 2.45) is 4.99 Å². The van der Waals surface area contributed by atoms with Crippen molar-refractivity contribution in [1.82, 2.24) is 4.90 Å². The fourth-order valence-corrected chi connectivity index (χ4v) is 5.22. The van der Waals surface area contributed by atoms with E-state index in [2.05, 4.69) is 115 Å². The molecular weight excluding hydrogens is 476 g/mol. The van der Waals surface area contributed by atoms with E-state index in [4.69, 9.17) is 21.3 Å². The number of hydrogen-bond donors (Lipinski definition) is 0. The molecule has 3 rings (SSSR count). The molecule has 0 bridgehead atoms. The minimum absolute atomic E-state index is 0.0474. The number of nitrogens with zero attached hydrogens (tertiary/aromatic N) is 2. The van der Waals surface area contributed by atoms with Crippen molar-refractivity contribution in [3.8, 4) is 5.75 Å². The maximum Gasteiger partial charge on any atom is 0.124 e. The Bertz CT molecular complexity index is 1200. The van der Waals surface area contributed by atoms with Gasteiger partial charge in [-0.25, -0.2) is 0 Å². The smallest absolute Gasteiger partial charge is 0.124 e. The second-order valence-corrected chi connectivity index (χ2v) is 11.7. The molecule has 3 nitrogen and oxygen atoms in total. The molecule has 4 heteroatoms. The molecule has 0 saturated heterocycles. The van der Waals surface area contributed by atoms with Gasteiger partial charge in [0.2, 0.25) is 0 Å². The summed E-state index contributed by atoms with van der Waals surface area (Å²) < 4.78 is 6.16. The Morgan fingerprint density at radius 3 is 1.92 bits per heavy atom. The van der Waals surface area contributed by atoms with E-state index < -0.39 is 11.1 Å². The third kappa shape index (κ3) is 5.78. The lowest BCUT2D eigenvalue weighted by Gasteiger charge is -2.50. The molecule has 0 spiro atoms. The Labute approximate surface area is 229 Å². The van der Waals surface area contributed by atoms with Gasteiger partial charge in [0.15, 0.2) is 0 Å². The van der Waals surface area contributed by atoms with Gasteiger partial charge < -0.3 is 4.74 Å². The number of likely N-dealkylation sites (N-methyl/N-ethyl adjacent to an activating group) is 1. The molecule has 0 aliphatic carbocycles. The zero-order valence-electron chi connectivity index (χ0n) is 23.9. The average molecular weight is 519 g/mol. The largest absolute Gasteiger partial charge is 0.494 e. The number of aryl methyl sites for hydroxylation is 1. The Morgan fingerprint density at radius 2 is 1.41 bits per heavy atom. The predicted octanol–water partition coefficient (Wildman–Crippen LogP) is 8.56. The highest BCUT2D eigenvalue weighted by molar-refractivity contribution is 6.30. The zero-order valence-corrected chi connectivity index (χ0v) is 24.6. The van der Waals surface area contributed by atoms with Crippen LogP contribution in [0.15, 0.2) is 71.7 Å². The number of aliphatic imine (C=N–C) groups is 1. The average Bonchev–Trinajstić information content (AvgIpc) is 2.88. The molecule has 0 radical (unpaired) electrons. The van der Waals surface area contributed by atoms with Gasteiger partial charge in [0.1, 0.15) is 11.3 Å². The first-order valence-electron chi connectivity index (χ1n) is 13.2. The zero-order chi connectivity index (χ0) is 27.4. The van der Waals surface area contributed by atoms with Gasteiger partial charge in [0, 0.05) is 17.1 Å². The van der Waals surface area contributed by atoms with Crippen molar-refractivity contribution < 1.29 is 4.74 Å². The predicted molar refractivity (Wildman–Crippen MR) is 159 cm³/mol. The van der Waals surface area contributed by atoms with Gasteiger partial charge in [-0.05, 0) is 86.8 Å². The fourth-order valence-electron chi connectivity index (χ4n) is 5.09. The Morgan fingerprint density at radius 1 is 0.838 bits per heavy atom. The molecule has 0 heterocycles. The second kappa shape index (κ2) is 11.4. The highest BCUT2D eigenvalue weighted by Crippen LogP contribution is 2.48. The van der Waals surface area contributed by atoms with E-state index in [0.717, 1.165) is 23.3 Å². The first-order chi connectivity index (χ1) is 17.4. The number of benzene rings is 3. The molecule has 198 valence electrons. The number of rotatable bonds is 10. The van der Waals surface area contributed by atoms with Crippen LogP contribution in [0.4, 0.5) is 0 Å². The molecular formula is C33H43ClN2O. The molecule has 2 atom stereocenters. The quantitative estimate of drug-likeness (QED) is 0.251. The standard InChI is InChI=1S/C33H43ClN2O/c1-10-24-12-15-27(16-13-24)33(7,32(6,35-8)26-18-20-29(34)21-19-26)36(9)23-25-14-17-28(31(3,4)5)22-30(25)37-11-2/h12-22H,8,10-11,23H2,1-7,9H3/t32-,33+/m0/s1. The molecule has 3 aromatic carbocycles. The summed E-state index contributed by atoms with van der Waals surface area (Å²) in [5.41, 5.74) is 4.83. The first-order valence-corrected chi connectivity index (χ1v) is 13.6. The molecule has 0 fully saturated rings. The summed E-state index contributed by atoms with van der Waals surface area (Å²) >= 11 is 6.26. The van der Waals surface area contributed by atoms with E-state index in [1.165, 1.54) is 16.7 Å². The van der Waals surface area contributed by atoms with Crippen LogP contribution < -0.4 is 4.74 Å². The Balaban J connectivity index is 2.16. The normalized spacial score (nSPS) is 15.2. The van der Waals surface area contributed by atoms with E-state index in [1.54, 1.807) is 0 Å². The summed E-state index contributed by atoms with van der Waals surface area (Å²) in [5, 5.41) is 0.706.